The standard InChI is InChI=1S/C27H29FN6/c1-33-11-13-34(14-12-33)18-7-5-17(6-8-18)27-21-15-24(30-16-25(21)31-32-27)26-20-3-2-4-23(29)19(20)9-10-22(26)28/h5-10,15-16,23H,2-4,11-14,29H2,1H3,(H,31,32). The Morgan fingerprint density at radius 2 is 1.85 bits per heavy atom. The Kier molecular flexibility index (Phi) is 5.31. The van der Waals surface area contributed by atoms with Crippen molar-refractivity contribution in [3.05, 3.63) is 65.6 Å². The van der Waals surface area contributed by atoms with E-state index in [2.05, 4.69) is 56.3 Å². The number of hydrogen-bond donors (Lipinski definition) is 2. The lowest BCUT2D eigenvalue weighted by Gasteiger charge is -2.34. The van der Waals surface area contributed by atoms with Gasteiger partial charge in [0.15, 0.2) is 0 Å². The minimum atomic E-state index is -0.249. The van der Waals surface area contributed by atoms with Gasteiger partial charge in [0.05, 0.1) is 17.4 Å². The molecule has 3 N–H and O–H groups in total. The van der Waals surface area contributed by atoms with Gasteiger partial charge in [0.2, 0.25) is 0 Å². The molecule has 0 amide bonds. The van der Waals surface area contributed by atoms with Gasteiger partial charge in [0.25, 0.3) is 0 Å². The highest BCUT2D eigenvalue weighted by molar-refractivity contribution is 5.95. The highest BCUT2D eigenvalue weighted by Gasteiger charge is 2.24. The molecular formula is C27H29FN6. The summed E-state index contributed by atoms with van der Waals surface area (Å²) in [6.45, 7) is 4.22. The monoisotopic (exact) mass is 456 g/mol. The predicted octanol–water partition coefficient (Wildman–Crippen LogP) is 4.52. The Balaban J connectivity index is 1.38. The van der Waals surface area contributed by atoms with E-state index in [-0.39, 0.29) is 11.9 Å². The second-order valence-electron chi connectivity index (χ2n) is 9.51. The molecule has 2 aliphatic rings. The molecule has 0 radical (unpaired) electrons. The number of pyridine rings is 1. The van der Waals surface area contributed by atoms with E-state index >= 15 is 4.39 Å². The number of nitrogens with one attached hydrogen (secondary N) is 1. The summed E-state index contributed by atoms with van der Waals surface area (Å²) in [7, 11) is 2.16. The van der Waals surface area contributed by atoms with E-state index in [9.17, 15) is 0 Å². The van der Waals surface area contributed by atoms with Crippen molar-refractivity contribution in [1.82, 2.24) is 20.1 Å². The molecule has 1 aliphatic carbocycles. The molecule has 2 aromatic carbocycles. The number of piperazine rings is 1. The van der Waals surface area contributed by atoms with Gasteiger partial charge >= 0.3 is 0 Å². The zero-order chi connectivity index (χ0) is 23.2. The van der Waals surface area contributed by atoms with Gasteiger partial charge in [0.1, 0.15) is 11.5 Å². The summed E-state index contributed by atoms with van der Waals surface area (Å²) in [5.74, 6) is -0.249. The molecule has 174 valence electrons. The van der Waals surface area contributed by atoms with Crippen molar-refractivity contribution in [2.24, 2.45) is 5.73 Å². The van der Waals surface area contributed by atoms with Crippen LogP contribution in [0.4, 0.5) is 10.1 Å². The van der Waals surface area contributed by atoms with Crippen LogP contribution in [0.5, 0.6) is 0 Å². The summed E-state index contributed by atoms with van der Waals surface area (Å²) < 4.78 is 15.1. The molecule has 6 nitrogen and oxygen atoms in total. The van der Waals surface area contributed by atoms with Crippen LogP contribution in [0.3, 0.4) is 0 Å². The molecule has 1 saturated heterocycles. The van der Waals surface area contributed by atoms with Crippen molar-refractivity contribution < 1.29 is 4.39 Å². The van der Waals surface area contributed by atoms with Crippen LogP contribution in [0.25, 0.3) is 33.4 Å². The van der Waals surface area contributed by atoms with Crippen LogP contribution in [-0.4, -0.2) is 53.3 Å². The van der Waals surface area contributed by atoms with Crippen LogP contribution in [0.1, 0.15) is 30.0 Å². The van der Waals surface area contributed by atoms with Gasteiger partial charge in [-0.25, -0.2) is 4.39 Å². The van der Waals surface area contributed by atoms with E-state index in [0.717, 1.165) is 78.7 Å². The number of nitrogens with two attached hydrogens (primary N) is 1. The molecule has 0 bridgehead atoms. The molecule has 34 heavy (non-hydrogen) atoms. The number of H-pyrrole nitrogens is 1. The molecule has 3 heterocycles. The molecule has 6 rings (SSSR count). The second-order valence-corrected chi connectivity index (χ2v) is 9.51. The summed E-state index contributed by atoms with van der Waals surface area (Å²) in [6, 6.07) is 13.8. The molecule has 4 aromatic rings. The number of aromatic amines is 1. The normalized spacial score (nSPS) is 18.9. The Morgan fingerprint density at radius 3 is 2.65 bits per heavy atom. The van der Waals surface area contributed by atoms with Gasteiger partial charge in [-0.05, 0) is 61.7 Å². The quantitative estimate of drug-likeness (QED) is 0.474. The zero-order valence-corrected chi connectivity index (χ0v) is 19.4. The summed E-state index contributed by atoms with van der Waals surface area (Å²) in [4.78, 5) is 9.37. The SMILES string of the molecule is CN1CCN(c2ccc(-c3n[nH]c4cnc(-c5c(F)ccc6c5CCCC6N)cc34)cc2)CC1. The molecule has 1 atom stereocenters. The largest absolute Gasteiger partial charge is 0.369 e. The number of rotatable bonds is 3. The fourth-order valence-electron chi connectivity index (χ4n) is 5.35. The molecule has 7 heteroatoms. The average molecular weight is 457 g/mol. The lowest BCUT2D eigenvalue weighted by Crippen LogP contribution is -2.44. The smallest absolute Gasteiger partial charge is 0.132 e. The first kappa shape index (κ1) is 21.3. The number of likely N-dealkylation sites (N-methyl/N-ethyl adjacent to an activating group) is 1. The number of hydrogen-bond acceptors (Lipinski definition) is 5. The van der Waals surface area contributed by atoms with Crippen LogP contribution in [0.2, 0.25) is 0 Å². The van der Waals surface area contributed by atoms with E-state index in [0.29, 0.717) is 11.3 Å². The molecular weight excluding hydrogens is 427 g/mol. The molecule has 0 spiro atoms. The van der Waals surface area contributed by atoms with Crippen LogP contribution in [-0.2, 0) is 6.42 Å². The van der Waals surface area contributed by atoms with E-state index in [1.54, 1.807) is 6.20 Å². The summed E-state index contributed by atoms with van der Waals surface area (Å²) in [5, 5.41) is 8.60. The van der Waals surface area contributed by atoms with Gasteiger partial charge in [0, 0.05) is 54.4 Å². The van der Waals surface area contributed by atoms with Crippen molar-refractivity contribution in [1.29, 1.82) is 0 Å². The Labute approximate surface area is 198 Å². The van der Waals surface area contributed by atoms with Crippen LogP contribution < -0.4 is 10.6 Å². The number of aromatic nitrogens is 3. The van der Waals surface area contributed by atoms with E-state index in [4.69, 9.17) is 5.73 Å². The van der Waals surface area contributed by atoms with Gasteiger partial charge < -0.3 is 15.5 Å². The highest BCUT2D eigenvalue weighted by Crippen LogP contribution is 2.38. The number of anilines is 1. The lowest BCUT2D eigenvalue weighted by atomic mass is 9.84. The van der Waals surface area contributed by atoms with Gasteiger partial charge in [-0.15, -0.1) is 0 Å². The van der Waals surface area contributed by atoms with Crippen LogP contribution in [0, 0.1) is 5.82 Å². The number of halogens is 1. The minimum Gasteiger partial charge on any atom is -0.369 e. The third-order valence-corrected chi connectivity index (χ3v) is 7.35. The predicted molar refractivity (Wildman–Crippen MR) is 134 cm³/mol. The Bertz CT molecular complexity index is 1340. The third-order valence-electron chi connectivity index (χ3n) is 7.35. The average Bonchev–Trinajstić information content (AvgIpc) is 3.28. The maximum atomic E-state index is 15.1. The number of nitrogens with zero attached hydrogens (tertiary/aromatic N) is 4. The first-order valence-corrected chi connectivity index (χ1v) is 12.0. The van der Waals surface area contributed by atoms with Crippen LogP contribution in [0.15, 0.2) is 48.7 Å². The number of fused-ring (bicyclic) bond motifs is 2. The van der Waals surface area contributed by atoms with Crippen molar-refractivity contribution in [2.75, 3.05) is 38.1 Å². The highest BCUT2D eigenvalue weighted by atomic mass is 19.1. The van der Waals surface area contributed by atoms with E-state index in [1.165, 1.54) is 11.8 Å². The Hall–Kier alpha value is -3.29. The lowest BCUT2D eigenvalue weighted by molar-refractivity contribution is 0.313. The minimum absolute atomic E-state index is 0.0462. The molecule has 1 aliphatic heterocycles. The van der Waals surface area contributed by atoms with Crippen molar-refractivity contribution >= 4 is 16.6 Å². The third kappa shape index (κ3) is 3.65. The molecule has 1 fully saturated rings. The number of benzene rings is 2. The van der Waals surface area contributed by atoms with Gasteiger partial charge in [-0.2, -0.15) is 5.10 Å². The fourth-order valence-corrected chi connectivity index (χ4v) is 5.35. The van der Waals surface area contributed by atoms with Crippen LogP contribution >= 0.6 is 0 Å². The molecule has 2 aromatic heterocycles. The fraction of sp³-hybridized carbons (Fsp3) is 0.333. The topological polar surface area (TPSA) is 74.1 Å². The summed E-state index contributed by atoms with van der Waals surface area (Å²) in [5.41, 5.74) is 13.5. The Morgan fingerprint density at radius 1 is 1.06 bits per heavy atom. The first-order valence-electron chi connectivity index (χ1n) is 12.0. The molecule has 1 unspecified atom stereocenters. The van der Waals surface area contributed by atoms with Crippen molar-refractivity contribution in [3.63, 3.8) is 0 Å². The zero-order valence-electron chi connectivity index (χ0n) is 19.4. The van der Waals surface area contributed by atoms with Crippen molar-refractivity contribution in [2.45, 2.75) is 25.3 Å². The summed E-state index contributed by atoms with van der Waals surface area (Å²) in [6.07, 6.45) is 4.47. The maximum Gasteiger partial charge on any atom is 0.132 e. The first-order chi connectivity index (χ1) is 16.6. The van der Waals surface area contributed by atoms with E-state index < -0.39 is 0 Å². The molecule has 0 saturated carbocycles. The van der Waals surface area contributed by atoms with Gasteiger partial charge in [-0.1, -0.05) is 18.2 Å². The summed E-state index contributed by atoms with van der Waals surface area (Å²) >= 11 is 0. The van der Waals surface area contributed by atoms with E-state index in [1.807, 2.05) is 12.1 Å². The van der Waals surface area contributed by atoms with Gasteiger partial charge in [-0.3, -0.25) is 10.1 Å². The maximum absolute atomic E-state index is 15.1. The second kappa shape index (κ2) is 8.49. The van der Waals surface area contributed by atoms with Crippen molar-refractivity contribution in [3.8, 4) is 22.5 Å².